The van der Waals surface area contributed by atoms with E-state index in [9.17, 15) is 17.6 Å². The molecule has 6 nitrogen and oxygen atoms in total. The zero-order chi connectivity index (χ0) is 23.6. The lowest BCUT2D eigenvalue weighted by Gasteiger charge is -2.10. The van der Waals surface area contributed by atoms with E-state index in [0.29, 0.717) is 17.1 Å². The molecule has 1 heterocycles. The number of aromatic nitrogens is 1. The Bertz CT molecular complexity index is 1420. The fraction of sp³-hybridized carbons (Fsp3) is 0.125. The van der Waals surface area contributed by atoms with Gasteiger partial charge in [-0.05, 0) is 72.1 Å². The largest absolute Gasteiger partial charge is 0.481 e. The van der Waals surface area contributed by atoms with E-state index >= 15 is 0 Å². The van der Waals surface area contributed by atoms with Gasteiger partial charge in [0.15, 0.2) is 0 Å². The number of nitrogens with zero attached hydrogens (tertiary/aromatic N) is 1. The van der Waals surface area contributed by atoms with Crippen molar-refractivity contribution in [3.05, 3.63) is 94.9 Å². The van der Waals surface area contributed by atoms with E-state index in [1.807, 2.05) is 10.8 Å². The van der Waals surface area contributed by atoms with Gasteiger partial charge in [-0.2, -0.15) is 0 Å². The van der Waals surface area contributed by atoms with Crippen LogP contribution in [0.25, 0.3) is 10.9 Å². The highest BCUT2D eigenvalue weighted by atomic mass is 35.5. The Morgan fingerprint density at radius 2 is 1.73 bits per heavy atom. The van der Waals surface area contributed by atoms with E-state index in [1.54, 1.807) is 30.3 Å². The van der Waals surface area contributed by atoms with Crippen LogP contribution in [0.1, 0.15) is 17.5 Å². The lowest BCUT2D eigenvalue weighted by Crippen LogP contribution is -2.12. The fourth-order valence-electron chi connectivity index (χ4n) is 3.63. The Kier molecular flexibility index (Phi) is 6.40. The quantitative estimate of drug-likeness (QED) is 0.353. The molecule has 1 aromatic heterocycles. The van der Waals surface area contributed by atoms with E-state index in [-0.39, 0.29) is 23.7 Å². The van der Waals surface area contributed by atoms with Crippen molar-refractivity contribution in [3.8, 4) is 0 Å². The minimum atomic E-state index is -3.82. The van der Waals surface area contributed by atoms with Gasteiger partial charge in [-0.15, -0.1) is 0 Å². The molecule has 0 spiro atoms. The second-order valence-electron chi connectivity index (χ2n) is 7.59. The van der Waals surface area contributed by atoms with Gasteiger partial charge in [-0.1, -0.05) is 23.7 Å². The molecule has 0 aliphatic carbocycles. The summed E-state index contributed by atoms with van der Waals surface area (Å²) in [6.45, 7) is 0.269. The summed E-state index contributed by atoms with van der Waals surface area (Å²) in [7, 11) is -3.82. The number of nitrogens with one attached hydrogen (secondary N) is 1. The van der Waals surface area contributed by atoms with Crippen molar-refractivity contribution in [2.45, 2.75) is 24.3 Å². The van der Waals surface area contributed by atoms with Crippen molar-refractivity contribution >= 4 is 44.2 Å². The zero-order valence-electron chi connectivity index (χ0n) is 17.3. The third-order valence-corrected chi connectivity index (χ3v) is 6.86. The molecule has 0 saturated carbocycles. The van der Waals surface area contributed by atoms with Gasteiger partial charge in [0.2, 0.25) is 0 Å². The van der Waals surface area contributed by atoms with Crippen LogP contribution in [-0.2, 0) is 27.8 Å². The number of hydrogen-bond acceptors (Lipinski definition) is 3. The predicted molar refractivity (Wildman–Crippen MR) is 126 cm³/mol. The Balaban J connectivity index is 1.71. The summed E-state index contributed by atoms with van der Waals surface area (Å²) in [6, 6.07) is 17.1. The number of aliphatic carboxylic acids is 1. The topological polar surface area (TPSA) is 88.4 Å². The molecule has 170 valence electrons. The molecule has 0 radical (unpaired) electrons. The standard InChI is InChI=1S/C24H20ClFN2O4S/c25-18-3-8-21(9-4-18)33(31,32)27-20-7-10-23-22(14-20)17(15-28(23)12-11-24(29)30)13-16-1-5-19(26)6-2-16/h1-10,14-15,27H,11-13H2,(H,29,30). The molecule has 0 bridgehead atoms. The maximum absolute atomic E-state index is 13.3. The van der Waals surface area contributed by atoms with Crippen molar-refractivity contribution in [3.63, 3.8) is 0 Å². The summed E-state index contributed by atoms with van der Waals surface area (Å²) in [5.74, 6) is -1.24. The van der Waals surface area contributed by atoms with Gasteiger partial charge in [0.05, 0.1) is 11.3 Å². The van der Waals surface area contributed by atoms with E-state index < -0.39 is 16.0 Å². The monoisotopic (exact) mass is 486 g/mol. The number of aryl methyl sites for hydroxylation is 1. The highest BCUT2D eigenvalue weighted by molar-refractivity contribution is 7.92. The summed E-state index contributed by atoms with van der Waals surface area (Å²) in [4.78, 5) is 11.2. The molecular weight excluding hydrogens is 467 g/mol. The number of halogens is 2. The number of anilines is 1. The maximum atomic E-state index is 13.3. The smallest absolute Gasteiger partial charge is 0.305 e. The van der Waals surface area contributed by atoms with Gasteiger partial charge in [0, 0.05) is 34.4 Å². The number of carbonyl (C=O) groups is 1. The average Bonchev–Trinajstić information content (AvgIpc) is 3.10. The first-order valence-electron chi connectivity index (χ1n) is 10.1. The third-order valence-electron chi connectivity index (χ3n) is 5.21. The molecular formula is C24H20ClFN2O4S. The van der Waals surface area contributed by atoms with Crippen LogP contribution in [-0.4, -0.2) is 24.1 Å². The number of sulfonamides is 1. The molecule has 0 unspecified atom stereocenters. The highest BCUT2D eigenvalue weighted by Gasteiger charge is 2.16. The Morgan fingerprint density at radius 1 is 1.03 bits per heavy atom. The van der Waals surface area contributed by atoms with Crippen LogP contribution in [0, 0.1) is 5.82 Å². The minimum Gasteiger partial charge on any atom is -0.481 e. The lowest BCUT2D eigenvalue weighted by atomic mass is 10.0. The molecule has 0 saturated heterocycles. The van der Waals surface area contributed by atoms with E-state index in [0.717, 1.165) is 22.0 Å². The van der Waals surface area contributed by atoms with Crippen LogP contribution in [0.3, 0.4) is 0 Å². The molecule has 0 aliphatic rings. The van der Waals surface area contributed by atoms with Crippen LogP contribution in [0.15, 0.2) is 77.8 Å². The van der Waals surface area contributed by atoms with Crippen LogP contribution in [0.2, 0.25) is 5.02 Å². The lowest BCUT2D eigenvalue weighted by molar-refractivity contribution is -0.137. The van der Waals surface area contributed by atoms with Gasteiger partial charge in [0.25, 0.3) is 10.0 Å². The SMILES string of the molecule is O=C(O)CCn1cc(Cc2ccc(F)cc2)c2cc(NS(=O)(=O)c3ccc(Cl)cc3)ccc21. The first-order chi connectivity index (χ1) is 15.7. The van der Waals surface area contributed by atoms with Crippen molar-refractivity contribution in [1.82, 2.24) is 4.57 Å². The average molecular weight is 487 g/mol. The normalized spacial score (nSPS) is 11.6. The zero-order valence-corrected chi connectivity index (χ0v) is 18.9. The maximum Gasteiger partial charge on any atom is 0.305 e. The summed E-state index contributed by atoms with van der Waals surface area (Å²) < 4.78 is 43.3. The molecule has 3 aromatic carbocycles. The molecule has 4 aromatic rings. The van der Waals surface area contributed by atoms with Crippen LogP contribution < -0.4 is 4.72 Å². The Hall–Kier alpha value is -3.36. The molecule has 33 heavy (non-hydrogen) atoms. The second-order valence-corrected chi connectivity index (χ2v) is 9.70. The number of hydrogen-bond donors (Lipinski definition) is 2. The molecule has 0 amide bonds. The molecule has 0 atom stereocenters. The van der Waals surface area contributed by atoms with Crippen molar-refractivity contribution in [1.29, 1.82) is 0 Å². The first kappa shape index (κ1) is 22.8. The van der Waals surface area contributed by atoms with Crippen molar-refractivity contribution in [2.24, 2.45) is 0 Å². The fourth-order valence-corrected chi connectivity index (χ4v) is 4.80. The highest BCUT2D eigenvalue weighted by Crippen LogP contribution is 2.29. The number of fused-ring (bicyclic) bond motifs is 1. The van der Waals surface area contributed by atoms with Gasteiger partial charge in [-0.3, -0.25) is 9.52 Å². The third kappa shape index (κ3) is 5.35. The summed E-state index contributed by atoms with van der Waals surface area (Å²) in [5.41, 5.74) is 2.90. The number of carboxylic acids is 1. The van der Waals surface area contributed by atoms with Gasteiger partial charge in [0.1, 0.15) is 5.82 Å². The number of rotatable bonds is 8. The summed E-state index contributed by atoms with van der Waals surface area (Å²) in [5, 5.41) is 10.3. The van der Waals surface area contributed by atoms with Crippen LogP contribution >= 0.6 is 11.6 Å². The van der Waals surface area contributed by atoms with Gasteiger partial charge in [-0.25, -0.2) is 12.8 Å². The first-order valence-corrected chi connectivity index (χ1v) is 11.9. The van der Waals surface area contributed by atoms with E-state index in [1.165, 1.54) is 36.4 Å². The van der Waals surface area contributed by atoms with Crippen molar-refractivity contribution < 1.29 is 22.7 Å². The molecule has 4 rings (SSSR count). The van der Waals surface area contributed by atoms with E-state index in [2.05, 4.69) is 4.72 Å². The van der Waals surface area contributed by atoms with Crippen molar-refractivity contribution in [2.75, 3.05) is 4.72 Å². The Labute approximate surface area is 195 Å². The Morgan fingerprint density at radius 3 is 2.39 bits per heavy atom. The second kappa shape index (κ2) is 9.25. The summed E-state index contributed by atoms with van der Waals surface area (Å²) in [6.07, 6.45) is 2.28. The summed E-state index contributed by atoms with van der Waals surface area (Å²) >= 11 is 5.85. The molecule has 9 heteroatoms. The molecule has 0 fully saturated rings. The van der Waals surface area contributed by atoms with Gasteiger partial charge < -0.3 is 9.67 Å². The number of benzene rings is 3. The molecule has 2 N–H and O–H groups in total. The van der Waals surface area contributed by atoms with E-state index in [4.69, 9.17) is 16.7 Å². The number of carboxylic acid groups (broad SMARTS) is 1. The van der Waals surface area contributed by atoms with Crippen LogP contribution in [0.5, 0.6) is 0 Å². The predicted octanol–water partition coefficient (Wildman–Crippen LogP) is 5.30. The minimum absolute atomic E-state index is 0.0509. The van der Waals surface area contributed by atoms with Gasteiger partial charge >= 0.3 is 5.97 Å². The molecule has 0 aliphatic heterocycles. The van der Waals surface area contributed by atoms with Crippen LogP contribution in [0.4, 0.5) is 10.1 Å².